The van der Waals surface area contributed by atoms with E-state index in [9.17, 15) is 9.90 Å². The lowest BCUT2D eigenvalue weighted by Gasteiger charge is -2.15. The molecule has 1 heterocycles. The number of urea groups is 1. The van der Waals surface area contributed by atoms with Crippen LogP contribution in [-0.2, 0) is 4.74 Å². The van der Waals surface area contributed by atoms with Crippen molar-refractivity contribution in [1.82, 2.24) is 10.6 Å². The third-order valence-electron chi connectivity index (χ3n) is 3.23. The Bertz CT molecular complexity index is 465. The molecule has 2 atom stereocenters. The van der Waals surface area contributed by atoms with Crippen molar-refractivity contribution < 1.29 is 14.6 Å². The smallest absolute Gasteiger partial charge is 0.315 e. The molecule has 2 rings (SSSR count). The highest BCUT2D eigenvalue weighted by atomic mass is 35.5. The molecule has 7 heteroatoms. The Hall–Kier alpha value is -0.820. The van der Waals surface area contributed by atoms with E-state index < -0.39 is 6.10 Å². The van der Waals surface area contributed by atoms with Gasteiger partial charge in [0.15, 0.2) is 0 Å². The zero-order chi connectivity index (χ0) is 15.2. The normalized spacial score (nSPS) is 17.3. The van der Waals surface area contributed by atoms with Gasteiger partial charge in [-0.15, -0.1) is 11.3 Å². The van der Waals surface area contributed by atoms with E-state index in [0.29, 0.717) is 16.9 Å². The van der Waals surface area contributed by atoms with Gasteiger partial charge in [0, 0.05) is 18.0 Å². The number of thiophene rings is 1. The summed E-state index contributed by atoms with van der Waals surface area (Å²) in [5.41, 5.74) is 0. The molecule has 0 radical (unpaired) electrons. The van der Waals surface area contributed by atoms with Crippen molar-refractivity contribution in [3.8, 4) is 0 Å². The molecular formula is C14H21ClN2O3S. The van der Waals surface area contributed by atoms with E-state index in [1.165, 1.54) is 24.2 Å². The van der Waals surface area contributed by atoms with E-state index in [1.54, 1.807) is 6.07 Å². The summed E-state index contributed by atoms with van der Waals surface area (Å²) >= 11 is 7.30. The van der Waals surface area contributed by atoms with Gasteiger partial charge in [-0.05, 0) is 37.8 Å². The number of aliphatic hydroxyl groups is 1. The standard InChI is InChI=1S/C14H21ClN2O3S/c1-9(12-4-5-13(15)21-12)17-14(19)16-6-11(18)8-20-7-10-2-3-10/h4-5,9-11,18H,2-3,6-8H2,1H3,(H2,16,17,19). The van der Waals surface area contributed by atoms with Crippen molar-refractivity contribution in [2.75, 3.05) is 19.8 Å². The van der Waals surface area contributed by atoms with Crippen LogP contribution >= 0.6 is 22.9 Å². The second-order valence-electron chi connectivity index (χ2n) is 5.35. The van der Waals surface area contributed by atoms with Crippen LogP contribution in [-0.4, -0.2) is 37.0 Å². The lowest BCUT2D eigenvalue weighted by molar-refractivity contribution is 0.0337. The second kappa shape index (κ2) is 7.98. The van der Waals surface area contributed by atoms with Gasteiger partial charge in [0.05, 0.1) is 23.1 Å². The van der Waals surface area contributed by atoms with Gasteiger partial charge in [-0.3, -0.25) is 0 Å². The van der Waals surface area contributed by atoms with Crippen LogP contribution in [0.25, 0.3) is 0 Å². The van der Waals surface area contributed by atoms with E-state index in [4.69, 9.17) is 16.3 Å². The van der Waals surface area contributed by atoms with E-state index in [1.807, 2.05) is 13.0 Å². The van der Waals surface area contributed by atoms with Crippen LogP contribution in [0.4, 0.5) is 4.79 Å². The minimum atomic E-state index is -0.680. The summed E-state index contributed by atoms with van der Waals surface area (Å²) in [6, 6.07) is 3.26. The first-order chi connectivity index (χ1) is 10.0. The number of ether oxygens (including phenoxy) is 1. The maximum absolute atomic E-state index is 11.7. The van der Waals surface area contributed by atoms with Gasteiger partial charge >= 0.3 is 6.03 Å². The molecule has 1 aliphatic rings. The summed E-state index contributed by atoms with van der Waals surface area (Å²) < 4.78 is 6.07. The molecular weight excluding hydrogens is 312 g/mol. The fourth-order valence-electron chi connectivity index (χ4n) is 1.80. The SMILES string of the molecule is CC(NC(=O)NCC(O)COCC1CC1)c1ccc(Cl)s1. The van der Waals surface area contributed by atoms with Crippen molar-refractivity contribution in [2.45, 2.75) is 31.9 Å². The van der Waals surface area contributed by atoms with Crippen LogP contribution in [0.3, 0.4) is 0 Å². The molecule has 0 aromatic carbocycles. The van der Waals surface area contributed by atoms with E-state index in [-0.39, 0.29) is 25.2 Å². The minimum Gasteiger partial charge on any atom is -0.389 e. The van der Waals surface area contributed by atoms with E-state index in [0.717, 1.165) is 4.88 Å². The van der Waals surface area contributed by atoms with Gasteiger partial charge in [-0.25, -0.2) is 4.79 Å². The van der Waals surface area contributed by atoms with Gasteiger partial charge in [0.25, 0.3) is 0 Å². The van der Waals surface area contributed by atoms with Crippen LogP contribution < -0.4 is 10.6 Å². The lowest BCUT2D eigenvalue weighted by atomic mass is 10.3. The lowest BCUT2D eigenvalue weighted by Crippen LogP contribution is -2.41. The molecule has 118 valence electrons. The number of amides is 2. The molecule has 0 saturated heterocycles. The summed E-state index contributed by atoms with van der Waals surface area (Å²) in [4.78, 5) is 12.7. The predicted molar refractivity (Wildman–Crippen MR) is 83.8 cm³/mol. The molecule has 1 aromatic heterocycles. The quantitative estimate of drug-likeness (QED) is 0.685. The highest BCUT2D eigenvalue weighted by molar-refractivity contribution is 7.16. The van der Waals surface area contributed by atoms with Crippen LogP contribution in [0.15, 0.2) is 12.1 Å². The zero-order valence-corrected chi connectivity index (χ0v) is 13.5. The summed E-state index contributed by atoms with van der Waals surface area (Å²) in [6.45, 7) is 3.03. The van der Waals surface area contributed by atoms with Crippen molar-refractivity contribution >= 4 is 29.0 Å². The van der Waals surface area contributed by atoms with Gasteiger partial charge in [0.2, 0.25) is 0 Å². The van der Waals surface area contributed by atoms with Crippen molar-refractivity contribution in [3.63, 3.8) is 0 Å². The fourth-order valence-corrected chi connectivity index (χ4v) is 2.87. The zero-order valence-electron chi connectivity index (χ0n) is 12.0. The minimum absolute atomic E-state index is 0.120. The fraction of sp³-hybridized carbons (Fsp3) is 0.643. The number of aliphatic hydroxyl groups excluding tert-OH is 1. The number of halogens is 1. The highest BCUT2D eigenvalue weighted by Gasteiger charge is 2.21. The molecule has 3 N–H and O–H groups in total. The Labute approximate surface area is 133 Å². The number of nitrogens with one attached hydrogen (secondary N) is 2. The molecule has 1 saturated carbocycles. The van der Waals surface area contributed by atoms with Gasteiger partial charge in [-0.1, -0.05) is 11.6 Å². The Morgan fingerprint density at radius 2 is 2.33 bits per heavy atom. The monoisotopic (exact) mass is 332 g/mol. The first-order valence-electron chi connectivity index (χ1n) is 7.10. The molecule has 0 aliphatic heterocycles. The first-order valence-corrected chi connectivity index (χ1v) is 8.29. The molecule has 1 fully saturated rings. The average Bonchev–Trinajstić information content (AvgIpc) is 3.16. The number of carbonyl (C=O) groups excluding carboxylic acids is 1. The Kier molecular flexibility index (Phi) is 6.29. The van der Waals surface area contributed by atoms with Crippen LogP contribution in [0.1, 0.15) is 30.7 Å². The highest BCUT2D eigenvalue weighted by Crippen LogP contribution is 2.28. The largest absolute Gasteiger partial charge is 0.389 e. The number of carbonyl (C=O) groups is 1. The summed E-state index contributed by atoms with van der Waals surface area (Å²) in [5, 5.41) is 15.1. The molecule has 2 amide bonds. The Morgan fingerprint density at radius 3 is 2.95 bits per heavy atom. The first kappa shape index (κ1) is 16.5. The van der Waals surface area contributed by atoms with E-state index in [2.05, 4.69) is 10.6 Å². The van der Waals surface area contributed by atoms with Crippen molar-refractivity contribution in [2.24, 2.45) is 5.92 Å². The number of rotatable bonds is 8. The molecule has 0 spiro atoms. The maximum Gasteiger partial charge on any atom is 0.315 e. The van der Waals surface area contributed by atoms with Gasteiger partial charge in [0.1, 0.15) is 0 Å². The van der Waals surface area contributed by atoms with Crippen LogP contribution in [0, 0.1) is 5.92 Å². The van der Waals surface area contributed by atoms with Gasteiger partial charge in [-0.2, -0.15) is 0 Å². The Balaban J connectivity index is 1.59. The third-order valence-corrected chi connectivity index (χ3v) is 4.64. The Morgan fingerprint density at radius 1 is 1.57 bits per heavy atom. The second-order valence-corrected chi connectivity index (χ2v) is 7.10. The molecule has 21 heavy (non-hydrogen) atoms. The summed E-state index contributed by atoms with van der Waals surface area (Å²) in [7, 11) is 0. The molecule has 1 aliphatic carbocycles. The molecule has 0 bridgehead atoms. The third kappa shape index (κ3) is 6.22. The average molecular weight is 333 g/mol. The molecule has 5 nitrogen and oxygen atoms in total. The maximum atomic E-state index is 11.7. The van der Waals surface area contributed by atoms with Crippen molar-refractivity contribution in [3.05, 3.63) is 21.3 Å². The predicted octanol–water partition coefficient (Wildman–Crippen LogP) is 2.55. The molecule has 2 unspecified atom stereocenters. The number of hydrogen-bond acceptors (Lipinski definition) is 4. The number of hydrogen-bond donors (Lipinski definition) is 3. The molecule has 1 aromatic rings. The topological polar surface area (TPSA) is 70.6 Å². The summed E-state index contributed by atoms with van der Waals surface area (Å²) in [6.07, 6.45) is 1.77. The van der Waals surface area contributed by atoms with Crippen LogP contribution in [0.2, 0.25) is 4.34 Å². The summed E-state index contributed by atoms with van der Waals surface area (Å²) in [5.74, 6) is 0.673. The van der Waals surface area contributed by atoms with Crippen molar-refractivity contribution in [1.29, 1.82) is 0 Å². The van der Waals surface area contributed by atoms with Gasteiger partial charge < -0.3 is 20.5 Å². The van der Waals surface area contributed by atoms with Crippen LogP contribution in [0.5, 0.6) is 0 Å². The van der Waals surface area contributed by atoms with E-state index >= 15 is 0 Å².